The zero-order valence-corrected chi connectivity index (χ0v) is 11.0. The zero-order chi connectivity index (χ0) is 14.9. The minimum Gasteiger partial charge on any atom is -0.454 e. The maximum absolute atomic E-state index is 13.5. The molecule has 1 atom stereocenters. The summed E-state index contributed by atoms with van der Waals surface area (Å²) < 4.78 is 45.4. The Morgan fingerprint density at radius 1 is 1.00 bits per heavy atom. The Bertz CT molecular complexity index is 639. The molecule has 0 heterocycles. The van der Waals surface area contributed by atoms with Crippen molar-refractivity contribution in [1.29, 1.82) is 0 Å². The third kappa shape index (κ3) is 2.93. The number of hydrogen-bond donors (Lipinski definition) is 1. The lowest BCUT2D eigenvalue weighted by atomic mass is 10.1. The molecule has 2 nitrogen and oxygen atoms in total. The summed E-state index contributed by atoms with van der Waals surface area (Å²) in [7, 11) is 0. The quantitative estimate of drug-likeness (QED) is 0.911. The first kappa shape index (κ1) is 14.4. The zero-order valence-electron chi connectivity index (χ0n) is 11.0. The van der Waals surface area contributed by atoms with Gasteiger partial charge in [0.2, 0.25) is 0 Å². The molecular formula is C15H13F3O2. The first-order valence-electron chi connectivity index (χ1n) is 5.99. The van der Waals surface area contributed by atoms with Crippen molar-refractivity contribution in [3.8, 4) is 11.5 Å². The minimum absolute atomic E-state index is 0.0865. The number of hydrogen-bond acceptors (Lipinski definition) is 2. The van der Waals surface area contributed by atoms with Gasteiger partial charge in [-0.25, -0.2) is 13.2 Å². The second kappa shape index (κ2) is 5.54. The Hall–Kier alpha value is -2.01. The first-order valence-corrected chi connectivity index (χ1v) is 5.99. The van der Waals surface area contributed by atoms with E-state index in [4.69, 9.17) is 4.74 Å². The van der Waals surface area contributed by atoms with E-state index in [1.807, 2.05) is 0 Å². The third-order valence-corrected chi connectivity index (χ3v) is 2.85. The molecule has 5 heteroatoms. The summed E-state index contributed by atoms with van der Waals surface area (Å²) >= 11 is 0. The fourth-order valence-corrected chi connectivity index (χ4v) is 1.76. The highest BCUT2D eigenvalue weighted by atomic mass is 19.1. The fraction of sp³-hybridized carbons (Fsp3) is 0.200. The molecule has 0 aliphatic rings. The van der Waals surface area contributed by atoms with Crippen LogP contribution in [0.25, 0.3) is 0 Å². The van der Waals surface area contributed by atoms with Crippen LogP contribution >= 0.6 is 0 Å². The first-order chi connectivity index (χ1) is 9.38. The summed E-state index contributed by atoms with van der Waals surface area (Å²) in [5.41, 5.74) is 0.443. The van der Waals surface area contributed by atoms with E-state index in [2.05, 4.69) is 0 Å². The average molecular weight is 282 g/mol. The molecule has 2 aromatic carbocycles. The Morgan fingerprint density at radius 2 is 1.70 bits per heavy atom. The predicted octanol–water partition coefficient (Wildman–Crippen LogP) is 4.26. The molecule has 1 N–H and O–H groups in total. The number of aliphatic hydroxyl groups excluding tert-OH is 1. The van der Waals surface area contributed by atoms with Crippen LogP contribution in [0.3, 0.4) is 0 Å². The van der Waals surface area contributed by atoms with Crippen LogP contribution in [0.5, 0.6) is 11.5 Å². The van der Waals surface area contributed by atoms with Gasteiger partial charge in [0, 0.05) is 11.6 Å². The van der Waals surface area contributed by atoms with Crippen molar-refractivity contribution in [2.24, 2.45) is 0 Å². The van der Waals surface area contributed by atoms with Crippen molar-refractivity contribution >= 4 is 0 Å². The van der Waals surface area contributed by atoms with Crippen LogP contribution in [-0.2, 0) is 0 Å². The molecular weight excluding hydrogens is 269 g/mol. The minimum atomic E-state index is -1.00. The van der Waals surface area contributed by atoms with E-state index in [1.54, 1.807) is 0 Å². The van der Waals surface area contributed by atoms with E-state index in [-0.39, 0.29) is 22.6 Å². The Balaban J connectivity index is 2.47. The van der Waals surface area contributed by atoms with Crippen molar-refractivity contribution in [3.05, 3.63) is 58.9 Å². The van der Waals surface area contributed by atoms with Gasteiger partial charge in [-0.1, -0.05) is 0 Å². The number of aryl methyl sites for hydroxylation is 1. The van der Waals surface area contributed by atoms with Crippen LogP contribution in [0, 0.1) is 24.4 Å². The standard InChI is InChI=1S/C15H13F3O2/c1-8-5-14(11(9(2)19)7-13(8)18)20-15-6-10(16)3-4-12(15)17/h3-7,9,19H,1-2H3/t9-/m0/s1. The van der Waals surface area contributed by atoms with Gasteiger partial charge >= 0.3 is 0 Å². The van der Waals surface area contributed by atoms with E-state index in [0.29, 0.717) is 0 Å². The monoisotopic (exact) mass is 282 g/mol. The third-order valence-electron chi connectivity index (χ3n) is 2.85. The van der Waals surface area contributed by atoms with Gasteiger partial charge in [-0.05, 0) is 43.7 Å². The van der Waals surface area contributed by atoms with Gasteiger partial charge in [0.1, 0.15) is 17.4 Å². The van der Waals surface area contributed by atoms with Gasteiger partial charge in [0.25, 0.3) is 0 Å². The Labute approximate surface area is 114 Å². The molecule has 0 unspecified atom stereocenters. The molecule has 20 heavy (non-hydrogen) atoms. The fourth-order valence-electron chi connectivity index (χ4n) is 1.76. The molecule has 0 bridgehead atoms. The summed E-state index contributed by atoms with van der Waals surface area (Å²) in [5.74, 6) is -2.14. The number of halogens is 3. The van der Waals surface area contributed by atoms with Crippen LogP contribution in [0.1, 0.15) is 24.2 Å². The Morgan fingerprint density at radius 3 is 2.35 bits per heavy atom. The van der Waals surface area contributed by atoms with Crippen molar-refractivity contribution in [2.45, 2.75) is 20.0 Å². The van der Waals surface area contributed by atoms with Crippen LogP contribution in [0.15, 0.2) is 30.3 Å². The molecule has 0 saturated heterocycles. The highest BCUT2D eigenvalue weighted by Gasteiger charge is 2.15. The maximum Gasteiger partial charge on any atom is 0.165 e. The molecule has 0 fully saturated rings. The molecule has 2 rings (SSSR count). The normalized spacial score (nSPS) is 12.3. The summed E-state index contributed by atoms with van der Waals surface area (Å²) in [5, 5.41) is 9.61. The highest BCUT2D eigenvalue weighted by molar-refractivity contribution is 5.42. The van der Waals surface area contributed by atoms with Crippen molar-refractivity contribution in [3.63, 3.8) is 0 Å². The lowest BCUT2D eigenvalue weighted by Crippen LogP contribution is -2.00. The van der Waals surface area contributed by atoms with Gasteiger partial charge in [-0.3, -0.25) is 0 Å². The number of ether oxygens (including phenoxy) is 1. The van der Waals surface area contributed by atoms with Crippen LogP contribution in [0.4, 0.5) is 13.2 Å². The summed E-state index contributed by atoms with van der Waals surface area (Å²) in [6.45, 7) is 2.94. The molecule has 106 valence electrons. The smallest absolute Gasteiger partial charge is 0.165 e. The summed E-state index contributed by atoms with van der Waals surface area (Å²) in [4.78, 5) is 0. The Kier molecular flexibility index (Phi) is 3.99. The van der Waals surface area contributed by atoms with Crippen LogP contribution in [-0.4, -0.2) is 5.11 Å². The van der Waals surface area contributed by atoms with Crippen LogP contribution in [0.2, 0.25) is 0 Å². The largest absolute Gasteiger partial charge is 0.454 e. The van der Waals surface area contributed by atoms with Gasteiger partial charge < -0.3 is 9.84 Å². The maximum atomic E-state index is 13.5. The molecule has 0 aromatic heterocycles. The molecule has 0 aliphatic carbocycles. The SMILES string of the molecule is Cc1cc(Oc2cc(F)ccc2F)c([C@H](C)O)cc1F. The van der Waals surface area contributed by atoms with Gasteiger partial charge in [-0.15, -0.1) is 0 Å². The second-order valence-corrected chi connectivity index (χ2v) is 4.49. The molecule has 0 radical (unpaired) electrons. The summed E-state index contributed by atoms with van der Waals surface area (Å²) in [6.07, 6.45) is -1.00. The molecule has 0 spiro atoms. The van der Waals surface area contributed by atoms with E-state index in [1.165, 1.54) is 19.9 Å². The van der Waals surface area contributed by atoms with Crippen molar-refractivity contribution in [1.82, 2.24) is 0 Å². The average Bonchev–Trinajstić information content (AvgIpc) is 2.37. The predicted molar refractivity (Wildman–Crippen MR) is 68.2 cm³/mol. The molecule has 0 saturated carbocycles. The second-order valence-electron chi connectivity index (χ2n) is 4.49. The van der Waals surface area contributed by atoms with Gasteiger partial charge in [-0.2, -0.15) is 0 Å². The number of aliphatic hydroxyl groups is 1. The number of rotatable bonds is 3. The molecule has 2 aromatic rings. The lowest BCUT2D eigenvalue weighted by Gasteiger charge is -2.15. The highest BCUT2D eigenvalue weighted by Crippen LogP contribution is 2.33. The topological polar surface area (TPSA) is 29.5 Å². The molecule has 0 amide bonds. The van der Waals surface area contributed by atoms with E-state index in [9.17, 15) is 18.3 Å². The van der Waals surface area contributed by atoms with E-state index in [0.717, 1.165) is 24.3 Å². The van der Waals surface area contributed by atoms with Crippen molar-refractivity contribution < 1.29 is 23.0 Å². The van der Waals surface area contributed by atoms with E-state index >= 15 is 0 Å². The van der Waals surface area contributed by atoms with Crippen LogP contribution < -0.4 is 4.74 Å². The van der Waals surface area contributed by atoms with Crippen molar-refractivity contribution in [2.75, 3.05) is 0 Å². The lowest BCUT2D eigenvalue weighted by molar-refractivity contribution is 0.194. The number of benzene rings is 2. The van der Waals surface area contributed by atoms with E-state index < -0.39 is 23.6 Å². The van der Waals surface area contributed by atoms with Gasteiger partial charge in [0.05, 0.1) is 6.10 Å². The molecule has 0 aliphatic heterocycles. The summed E-state index contributed by atoms with van der Waals surface area (Å²) in [6, 6.07) is 5.24. The van der Waals surface area contributed by atoms with Gasteiger partial charge in [0.15, 0.2) is 11.6 Å².